The standard InChI is InChI=1S/C14H14N6/c15-13-7-2-1-4-11(13)9-16-12-6-3-5-10(8-12)14-17-19-20-18-14/h1-8,16H,9,15H2,(H,17,18,19,20). The number of tetrazole rings is 1. The molecule has 0 aliphatic rings. The van der Waals surface area contributed by atoms with E-state index in [-0.39, 0.29) is 0 Å². The third-order valence-corrected chi connectivity index (χ3v) is 3.00. The lowest BCUT2D eigenvalue weighted by atomic mass is 10.1. The Morgan fingerprint density at radius 2 is 2.00 bits per heavy atom. The Kier molecular flexibility index (Phi) is 3.28. The quantitative estimate of drug-likeness (QED) is 0.628. The van der Waals surface area contributed by atoms with Gasteiger partial charge in [-0.15, -0.1) is 10.2 Å². The third kappa shape index (κ3) is 2.59. The van der Waals surface area contributed by atoms with E-state index in [0.29, 0.717) is 12.4 Å². The fourth-order valence-corrected chi connectivity index (χ4v) is 1.94. The summed E-state index contributed by atoms with van der Waals surface area (Å²) in [5, 5.41) is 17.3. The van der Waals surface area contributed by atoms with E-state index < -0.39 is 0 Å². The van der Waals surface area contributed by atoms with Gasteiger partial charge in [0.05, 0.1) is 0 Å². The molecule has 0 saturated heterocycles. The van der Waals surface area contributed by atoms with Crippen LogP contribution in [0.1, 0.15) is 5.56 Å². The number of aromatic amines is 1. The number of benzene rings is 2. The monoisotopic (exact) mass is 266 g/mol. The van der Waals surface area contributed by atoms with Gasteiger partial charge in [-0.25, -0.2) is 0 Å². The van der Waals surface area contributed by atoms with Gasteiger partial charge in [0, 0.05) is 23.5 Å². The lowest BCUT2D eigenvalue weighted by molar-refractivity contribution is 0.881. The van der Waals surface area contributed by atoms with Crippen molar-refractivity contribution in [1.29, 1.82) is 0 Å². The van der Waals surface area contributed by atoms with E-state index in [0.717, 1.165) is 22.5 Å². The molecular formula is C14H14N6. The van der Waals surface area contributed by atoms with Gasteiger partial charge in [-0.2, -0.15) is 5.21 Å². The van der Waals surface area contributed by atoms with Crippen LogP contribution in [0.3, 0.4) is 0 Å². The smallest absolute Gasteiger partial charge is 0.204 e. The number of aromatic nitrogens is 4. The molecular weight excluding hydrogens is 252 g/mol. The minimum Gasteiger partial charge on any atom is -0.398 e. The number of nitrogens with two attached hydrogens (primary N) is 1. The van der Waals surface area contributed by atoms with Crippen LogP contribution in [-0.4, -0.2) is 20.6 Å². The summed E-state index contributed by atoms with van der Waals surface area (Å²) in [4.78, 5) is 0. The van der Waals surface area contributed by atoms with Crippen molar-refractivity contribution in [3.05, 3.63) is 54.1 Å². The number of rotatable bonds is 4. The van der Waals surface area contributed by atoms with Crippen LogP contribution in [0.4, 0.5) is 11.4 Å². The topological polar surface area (TPSA) is 92.5 Å². The van der Waals surface area contributed by atoms with Gasteiger partial charge in [-0.1, -0.05) is 30.3 Å². The van der Waals surface area contributed by atoms with E-state index in [4.69, 9.17) is 5.73 Å². The summed E-state index contributed by atoms with van der Waals surface area (Å²) in [5.74, 6) is 0.577. The van der Waals surface area contributed by atoms with Crippen molar-refractivity contribution in [1.82, 2.24) is 20.6 Å². The average Bonchev–Trinajstić information content (AvgIpc) is 3.01. The number of para-hydroxylation sites is 1. The molecule has 3 rings (SSSR count). The summed E-state index contributed by atoms with van der Waals surface area (Å²) in [5.41, 5.74) is 9.66. The van der Waals surface area contributed by atoms with E-state index in [1.807, 2.05) is 48.5 Å². The van der Waals surface area contributed by atoms with Crippen molar-refractivity contribution in [2.24, 2.45) is 0 Å². The lowest BCUT2D eigenvalue weighted by Crippen LogP contribution is -2.02. The van der Waals surface area contributed by atoms with Crippen molar-refractivity contribution < 1.29 is 0 Å². The maximum absolute atomic E-state index is 5.92. The van der Waals surface area contributed by atoms with Crippen LogP contribution in [0.15, 0.2) is 48.5 Å². The van der Waals surface area contributed by atoms with Crippen LogP contribution < -0.4 is 11.1 Å². The van der Waals surface area contributed by atoms with Crippen molar-refractivity contribution >= 4 is 11.4 Å². The predicted octanol–water partition coefficient (Wildman–Crippen LogP) is 2.06. The van der Waals surface area contributed by atoms with Gasteiger partial charge >= 0.3 is 0 Å². The zero-order valence-electron chi connectivity index (χ0n) is 10.7. The first kappa shape index (κ1) is 12.2. The van der Waals surface area contributed by atoms with Crippen LogP contribution in [0.25, 0.3) is 11.4 Å². The summed E-state index contributed by atoms with van der Waals surface area (Å²) >= 11 is 0. The molecule has 100 valence electrons. The van der Waals surface area contributed by atoms with Crippen LogP contribution in [0, 0.1) is 0 Å². The number of hydrogen-bond acceptors (Lipinski definition) is 5. The summed E-state index contributed by atoms with van der Waals surface area (Å²) in [6.45, 7) is 0.669. The minimum absolute atomic E-state index is 0.577. The molecule has 0 atom stereocenters. The number of nitrogens with one attached hydrogen (secondary N) is 2. The summed E-state index contributed by atoms with van der Waals surface area (Å²) in [7, 11) is 0. The Labute approximate surface area is 116 Å². The van der Waals surface area contributed by atoms with Gasteiger partial charge < -0.3 is 11.1 Å². The Morgan fingerprint density at radius 1 is 1.10 bits per heavy atom. The fourth-order valence-electron chi connectivity index (χ4n) is 1.94. The molecule has 0 spiro atoms. The lowest BCUT2D eigenvalue weighted by Gasteiger charge is -2.09. The molecule has 4 N–H and O–H groups in total. The zero-order valence-corrected chi connectivity index (χ0v) is 10.7. The average molecular weight is 266 g/mol. The predicted molar refractivity (Wildman–Crippen MR) is 77.8 cm³/mol. The summed E-state index contributed by atoms with van der Waals surface area (Å²) in [6, 6.07) is 15.7. The fraction of sp³-hybridized carbons (Fsp3) is 0.0714. The van der Waals surface area contributed by atoms with Crippen molar-refractivity contribution in [3.8, 4) is 11.4 Å². The molecule has 0 unspecified atom stereocenters. The number of H-pyrrole nitrogens is 1. The van der Waals surface area contributed by atoms with E-state index in [1.54, 1.807) is 0 Å². The van der Waals surface area contributed by atoms with Gasteiger partial charge in [0.1, 0.15) is 0 Å². The minimum atomic E-state index is 0.577. The molecule has 0 fully saturated rings. The van der Waals surface area contributed by atoms with Crippen molar-refractivity contribution in [3.63, 3.8) is 0 Å². The molecule has 1 heterocycles. The second kappa shape index (κ2) is 5.40. The molecule has 6 heteroatoms. The number of nitrogen functional groups attached to an aromatic ring is 1. The number of nitrogens with zero attached hydrogens (tertiary/aromatic N) is 3. The Bertz CT molecular complexity index is 692. The normalized spacial score (nSPS) is 10.4. The molecule has 3 aromatic rings. The highest BCUT2D eigenvalue weighted by atomic mass is 15.5. The summed E-state index contributed by atoms with van der Waals surface area (Å²) < 4.78 is 0. The maximum atomic E-state index is 5.92. The van der Waals surface area contributed by atoms with Gasteiger partial charge in [-0.05, 0) is 29.0 Å². The van der Waals surface area contributed by atoms with Crippen LogP contribution in [-0.2, 0) is 6.54 Å². The largest absolute Gasteiger partial charge is 0.398 e. The van der Waals surface area contributed by atoms with E-state index >= 15 is 0 Å². The highest BCUT2D eigenvalue weighted by molar-refractivity contribution is 5.62. The second-order valence-corrected chi connectivity index (χ2v) is 4.37. The Morgan fingerprint density at radius 3 is 2.80 bits per heavy atom. The van der Waals surface area contributed by atoms with Gasteiger partial charge in [0.25, 0.3) is 0 Å². The number of anilines is 2. The van der Waals surface area contributed by atoms with Crippen molar-refractivity contribution in [2.45, 2.75) is 6.54 Å². The Balaban J connectivity index is 1.75. The summed E-state index contributed by atoms with van der Waals surface area (Å²) in [6.07, 6.45) is 0. The first-order valence-corrected chi connectivity index (χ1v) is 6.24. The molecule has 0 saturated carbocycles. The second-order valence-electron chi connectivity index (χ2n) is 4.37. The highest BCUT2D eigenvalue weighted by Crippen LogP contribution is 2.19. The zero-order chi connectivity index (χ0) is 13.8. The molecule has 20 heavy (non-hydrogen) atoms. The van der Waals surface area contributed by atoms with Crippen LogP contribution in [0.2, 0.25) is 0 Å². The van der Waals surface area contributed by atoms with Crippen LogP contribution in [0.5, 0.6) is 0 Å². The molecule has 0 radical (unpaired) electrons. The highest BCUT2D eigenvalue weighted by Gasteiger charge is 2.04. The third-order valence-electron chi connectivity index (χ3n) is 3.00. The molecule has 0 amide bonds. The van der Waals surface area contributed by atoms with E-state index in [2.05, 4.69) is 25.9 Å². The Hall–Kier alpha value is -2.89. The van der Waals surface area contributed by atoms with Crippen molar-refractivity contribution in [2.75, 3.05) is 11.1 Å². The SMILES string of the molecule is Nc1ccccc1CNc1cccc(-c2nn[nH]n2)c1. The first-order chi connectivity index (χ1) is 9.83. The molecule has 0 aliphatic heterocycles. The number of hydrogen-bond donors (Lipinski definition) is 3. The van der Waals surface area contributed by atoms with E-state index in [9.17, 15) is 0 Å². The van der Waals surface area contributed by atoms with Gasteiger partial charge in [0.2, 0.25) is 5.82 Å². The van der Waals surface area contributed by atoms with Gasteiger partial charge in [0.15, 0.2) is 0 Å². The molecule has 0 aliphatic carbocycles. The van der Waals surface area contributed by atoms with Crippen LogP contribution >= 0.6 is 0 Å². The molecule has 2 aromatic carbocycles. The molecule has 1 aromatic heterocycles. The molecule has 6 nitrogen and oxygen atoms in total. The van der Waals surface area contributed by atoms with E-state index in [1.165, 1.54) is 0 Å². The maximum Gasteiger partial charge on any atom is 0.204 e. The first-order valence-electron chi connectivity index (χ1n) is 6.24. The van der Waals surface area contributed by atoms with Gasteiger partial charge in [-0.3, -0.25) is 0 Å². The molecule has 0 bridgehead atoms.